The Kier molecular flexibility index (Phi) is 5.79. The highest BCUT2D eigenvalue weighted by Gasteiger charge is 2.22. The summed E-state index contributed by atoms with van der Waals surface area (Å²) in [6.07, 6.45) is 2.52. The van der Waals surface area contributed by atoms with Crippen LogP contribution in [0.5, 0.6) is 0 Å². The SMILES string of the molecule is CC(C(=O)O)N(C)C(=O)CCNS(=O)(=O)c1cccnc1. The number of sulfonamides is 1. The van der Waals surface area contributed by atoms with Gasteiger partial charge in [0.15, 0.2) is 0 Å². The van der Waals surface area contributed by atoms with Crippen LogP contribution in [0.3, 0.4) is 0 Å². The smallest absolute Gasteiger partial charge is 0.326 e. The molecule has 1 atom stereocenters. The fourth-order valence-electron chi connectivity index (χ4n) is 1.44. The van der Waals surface area contributed by atoms with Crippen LogP contribution in [0.25, 0.3) is 0 Å². The zero-order valence-corrected chi connectivity index (χ0v) is 12.5. The molecule has 0 aromatic carbocycles. The number of carbonyl (C=O) groups excluding carboxylic acids is 1. The van der Waals surface area contributed by atoms with Crippen molar-refractivity contribution < 1.29 is 23.1 Å². The van der Waals surface area contributed by atoms with Gasteiger partial charge in [-0.05, 0) is 19.1 Å². The molecule has 0 fully saturated rings. The van der Waals surface area contributed by atoms with Crippen LogP contribution in [-0.4, -0.2) is 54.9 Å². The van der Waals surface area contributed by atoms with E-state index in [0.717, 1.165) is 4.90 Å². The van der Waals surface area contributed by atoms with Gasteiger partial charge in [0, 0.05) is 32.4 Å². The molecular weight excluding hydrogens is 298 g/mol. The van der Waals surface area contributed by atoms with Crippen LogP contribution in [-0.2, 0) is 19.6 Å². The number of carbonyl (C=O) groups is 2. The van der Waals surface area contributed by atoms with E-state index in [1.165, 1.54) is 38.5 Å². The van der Waals surface area contributed by atoms with Gasteiger partial charge in [-0.3, -0.25) is 9.78 Å². The van der Waals surface area contributed by atoms with Crippen molar-refractivity contribution in [2.24, 2.45) is 0 Å². The van der Waals surface area contributed by atoms with Gasteiger partial charge in [0.05, 0.1) is 0 Å². The van der Waals surface area contributed by atoms with E-state index < -0.39 is 27.9 Å². The van der Waals surface area contributed by atoms with Gasteiger partial charge >= 0.3 is 5.97 Å². The number of aromatic nitrogens is 1. The van der Waals surface area contributed by atoms with Crippen molar-refractivity contribution in [1.82, 2.24) is 14.6 Å². The Morgan fingerprint density at radius 1 is 1.48 bits per heavy atom. The van der Waals surface area contributed by atoms with Crippen molar-refractivity contribution in [1.29, 1.82) is 0 Å². The fraction of sp³-hybridized carbons (Fsp3) is 0.417. The van der Waals surface area contributed by atoms with Crippen molar-refractivity contribution in [3.8, 4) is 0 Å². The first kappa shape index (κ1) is 17.1. The third-order valence-corrected chi connectivity index (χ3v) is 4.35. The normalized spacial score (nSPS) is 12.7. The summed E-state index contributed by atoms with van der Waals surface area (Å²) in [6.45, 7) is 1.26. The number of aliphatic carboxylic acids is 1. The molecule has 1 heterocycles. The second kappa shape index (κ2) is 7.14. The maximum atomic E-state index is 11.9. The van der Waals surface area contributed by atoms with Gasteiger partial charge in [0.2, 0.25) is 15.9 Å². The number of pyridine rings is 1. The standard InChI is InChI=1S/C12H17N3O5S/c1-9(12(17)18)15(2)11(16)5-7-14-21(19,20)10-4-3-6-13-8-10/h3-4,6,8-9,14H,5,7H2,1-2H3,(H,17,18). The Labute approximate surface area is 122 Å². The van der Waals surface area contributed by atoms with Crippen LogP contribution >= 0.6 is 0 Å². The predicted molar refractivity (Wildman–Crippen MR) is 73.9 cm³/mol. The summed E-state index contributed by atoms with van der Waals surface area (Å²) in [5.74, 6) is -1.58. The summed E-state index contributed by atoms with van der Waals surface area (Å²) in [4.78, 5) is 27.2. The van der Waals surface area contributed by atoms with E-state index >= 15 is 0 Å². The summed E-state index contributed by atoms with van der Waals surface area (Å²) < 4.78 is 26.0. The number of carboxylic acid groups (broad SMARTS) is 1. The molecule has 1 aromatic rings. The maximum absolute atomic E-state index is 11.9. The van der Waals surface area contributed by atoms with Crippen molar-refractivity contribution in [2.45, 2.75) is 24.3 Å². The van der Waals surface area contributed by atoms with Gasteiger partial charge < -0.3 is 10.0 Å². The van der Waals surface area contributed by atoms with E-state index in [1.807, 2.05) is 0 Å². The van der Waals surface area contributed by atoms with Crippen LogP contribution in [0, 0.1) is 0 Å². The number of amides is 1. The summed E-state index contributed by atoms with van der Waals surface area (Å²) in [7, 11) is -2.36. The Hall–Kier alpha value is -2.00. The molecule has 1 amide bonds. The number of likely N-dealkylation sites (N-methyl/N-ethyl adjacent to an activating group) is 1. The number of hydrogen-bond acceptors (Lipinski definition) is 5. The number of carboxylic acids is 1. The molecule has 8 nitrogen and oxygen atoms in total. The molecule has 9 heteroatoms. The van der Waals surface area contributed by atoms with Gasteiger partial charge in [0.1, 0.15) is 10.9 Å². The lowest BCUT2D eigenvalue weighted by Gasteiger charge is -2.21. The second-order valence-corrected chi connectivity index (χ2v) is 6.12. The lowest BCUT2D eigenvalue weighted by Crippen LogP contribution is -2.41. The minimum atomic E-state index is -3.72. The zero-order chi connectivity index (χ0) is 16.0. The van der Waals surface area contributed by atoms with Crippen molar-refractivity contribution in [3.63, 3.8) is 0 Å². The van der Waals surface area contributed by atoms with E-state index in [0.29, 0.717) is 0 Å². The molecule has 0 bridgehead atoms. The lowest BCUT2D eigenvalue weighted by atomic mass is 10.2. The zero-order valence-electron chi connectivity index (χ0n) is 11.7. The van der Waals surface area contributed by atoms with Crippen molar-refractivity contribution in [3.05, 3.63) is 24.5 Å². The Bertz CT molecular complexity index is 603. The van der Waals surface area contributed by atoms with E-state index in [1.54, 1.807) is 0 Å². The van der Waals surface area contributed by atoms with E-state index in [9.17, 15) is 18.0 Å². The first-order valence-corrected chi connectivity index (χ1v) is 7.62. The van der Waals surface area contributed by atoms with Crippen molar-refractivity contribution in [2.75, 3.05) is 13.6 Å². The average Bonchev–Trinajstić information content (AvgIpc) is 2.46. The lowest BCUT2D eigenvalue weighted by molar-refractivity contribution is -0.148. The van der Waals surface area contributed by atoms with Gasteiger partial charge in [0.25, 0.3) is 0 Å². The third-order valence-electron chi connectivity index (χ3n) is 2.91. The monoisotopic (exact) mass is 315 g/mol. The van der Waals surface area contributed by atoms with Crippen LogP contribution in [0.4, 0.5) is 0 Å². The summed E-state index contributed by atoms with van der Waals surface area (Å²) in [5.41, 5.74) is 0. The molecule has 116 valence electrons. The fourth-order valence-corrected chi connectivity index (χ4v) is 2.43. The first-order valence-electron chi connectivity index (χ1n) is 6.14. The molecule has 0 saturated carbocycles. The largest absolute Gasteiger partial charge is 0.480 e. The Morgan fingerprint density at radius 2 is 2.14 bits per heavy atom. The second-order valence-electron chi connectivity index (χ2n) is 4.36. The first-order chi connectivity index (χ1) is 9.75. The van der Waals surface area contributed by atoms with Gasteiger partial charge in [-0.2, -0.15) is 0 Å². The summed E-state index contributed by atoms with van der Waals surface area (Å²) in [5, 5.41) is 8.79. The van der Waals surface area contributed by atoms with Gasteiger partial charge in [-0.15, -0.1) is 0 Å². The van der Waals surface area contributed by atoms with Gasteiger partial charge in [-0.25, -0.2) is 17.9 Å². The van der Waals surface area contributed by atoms with Crippen molar-refractivity contribution >= 4 is 21.9 Å². The summed E-state index contributed by atoms with van der Waals surface area (Å²) in [6, 6.07) is 1.91. The Morgan fingerprint density at radius 3 is 2.67 bits per heavy atom. The highest BCUT2D eigenvalue weighted by atomic mass is 32.2. The van der Waals surface area contributed by atoms with E-state index in [2.05, 4.69) is 9.71 Å². The molecule has 0 aliphatic heterocycles. The topological polar surface area (TPSA) is 117 Å². The van der Waals surface area contributed by atoms with Crippen LogP contribution in [0.1, 0.15) is 13.3 Å². The number of nitrogens with one attached hydrogen (secondary N) is 1. The molecule has 0 radical (unpaired) electrons. The quantitative estimate of drug-likeness (QED) is 0.712. The molecule has 1 aromatic heterocycles. The molecule has 0 saturated heterocycles. The van der Waals surface area contributed by atoms with Crippen LogP contribution < -0.4 is 4.72 Å². The number of nitrogens with zero attached hydrogens (tertiary/aromatic N) is 2. The molecule has 21 heavy (non-hydrogen) atoms. The van der Waals surface area contributed by atoms with Gasteiger partial charge in [-0.1, -0.05) is 0 Å². The molecule has 1 unspecified atom stereocenters. The average molecular weight is 315 g/mol. The molecule has 2 N–H and O–H groups in total. The summed E-state index contributed by atoms with van der Waals surface area (Å²) >= 11 is 0. The highest BCUT2D eigenvalue weighted by molar-refractivity contribution is 7.89. The van der Waals surface area contributed by atoms with Crippen LogP contribution in [0.15, 0.2) is 29.4 Å². The van der Waals surface area contributed by atoms with E-state index in [4.69, 9.17) is 5.11 Å². The molecule has 1 rings (SSSR count). The molecule has 0 aliphatic carbocycles. The third kappa shape index (κ3) is 4.80. The number of rotatable bonds is 7. The minimum Gasteiger partial charge on any atom is -0.480 e. The molecular formula is C12H17N3O5S. The highest BCUT2D eigenvalue weighted by Crippen LogP contribution is 2.05. The minimum absolute atomic E-state index is 0.00436. The van der Waals surface area contributed by atoms with Crippen LogP contribution in [0.2, 0.25) is 0 Å². The molecule has 0 aliphatic rings. The predicted octanol–water partition coefficient (Wildman–Crippen LogP) is -0.318. The number of hydrogen-bond donors (Lipinski definition) is 2. The Balaban J connectivity index is 2.54. The van der Waals surface area contributed by atoms with E-state index in [-0.39, 0.29) is 17.9 Å². The molecule has 0 spiro atoms. The maximum Gasteiger partial charge on any atom is 0.326 e.